The topological polar surface area (TPSA) is 98.7 Å². The van der Waals surface area contributed by atoms with E-state index in [9.17, 15) is 18.0 Å². The van der Waals surface area contributed by atoms with Crippen molar-refractivity contribution in [1.82, 2.24) is 18.2 Å². The molecule has 1 aromatic carbocycles. The van der Waals surface area contributed by atoms with Gasteiger partial charge in [-0.1, -0.05) is 21.8 Å². The molecule has 0 unspecified atom stereocenters. The number of likely N-dealkylation sites (tertiary alicyclic amines) is 1. The summed E-state index contributed by atoms with van der Waals surface area (Å²) >= 11 is 5.90. The van der Waals surface area contributed by atoms with Gasteiger partial charge in [-0.2, -0.15) is 8.42 Å². The molecule has 1 aromatic heterocycles. The molecule has 126 valence electrons. The van der Waals surface area contributed by atoms with Crippen LogP contribution in [0.25, 0.3) is 5.69 Å². The van der Waals surface area contributed by atoms with Crippen molar-refractivity contribution in [3.8, 4) is 5.69 Å². The van der Waals surface area contributed by atoms with Gasteiger partial charge in [-0.25, -0.2) is 14.2 Å². The molecule has 0 atom stereocenters. The van der Waals surface area contributed by atoms with Gasteiger partial charge in [0.1, 0.15) is 0 Å². The van der Waals surface area contributed by atoms with Crippen LogP contribution >= 0.6 is 11.6 Å². The van der Waals surface area contributed by atoms with Crippen LogP contribution in [0.3, 0.4) is 0 Å². The highest BCUT2D eigenvalue weighted by Gasteiger charge is 2.38. The number of hydrogen-bond acceptors (Lipinski definition) is 5. The van der Waals surface area contributed by atoms with Crippen LogP contribution in [-0.4, -0.2) is 45.7 Å². The molecule has 0 radical (unpaired) electrons. The van der Waals surface area contributed by atoms with Crippen molar-refractivity contribution in [3.63, 3.8) is 0 Å². The molecule has 24 heavy (non-hydrogen) atoms. The van der Waals surface area contributed by atoms with Crippen LogP contribution < -0.4 is 11.4 Å². The zero-order valence-electron chi connectivity index (χ0n) is 12.3. The lowest BCUT2D eigenvalue weighted by molar-refractivity contribution is 0.491. The highest BCUT2D eigenvalue weighted by molar-refractivity contribution is 7.88. The van der Waals surface area contributed by atoms with Gasteiger partial charge in [-0.15, -0.1) is 9.08 Å². The fourth-order valence-electron chi connectivity index (χ4n) is 2.92. The van der Waals surface area contributed by atoms with E-state index in [-0.39, 0.29) is 11.6 Å². The summed E-state index contributed by atoms with van der Waals surface area (Å²) in [5.74, 6) is -0.0321. The van der Waals surface area contributed by atoms with Crippen molar-refractivity contribution in [1.29, 1.82) is 0 Å². The first-order valence-electron chi connectivity index (χ1n) is 7.24. The Morgan fingerprint density at radius 1 is 1.08 bits per heavy atom. The standard InChI is InChI=1S/C13H12ClN5O4S/c14-9-4-3-5-10(8-9)17-12(20)18-11(16-6-1-2-7-16)15-24(22,23)19(18)13(17)21/h3-5,8H,1-2,6-7H2. The summed E-state index contributed by atoms with van der Waals surface area (Å²) in [5.41, 5.74) is -1.60. The normalized spacial score (nSPS) is 18.7. The first-order chi connectivity index (χ1) is 11.4. The molecule has 3 heterocycles. The number of rotatable bonds is 1. The second-order valence-electron chi connectivity index (χ2n) is 5.50. The monoisotopic (exact) mass is 369 g/mol. The van der Waals surface area contributed by atoms with Crippen molar-refractivity contribution in [3.05, 3.63) is 50.3 Å². The maximum absolute atomic E-state index is 12.7. The Kier molecular flexibility index (Phi) is 3.22. The molecule has 2 aromatic rings. The first-order valence-corrected chi connectivity index (χ1v) is 9.01. The minimum atomic E-state index is -4.28. The summed E-state index contributed by atoms with van der Waals surface area (Å²) in [5, 5.41) is 0.325. The molecule has 4 rings (SSSR count). The van der Waals surface area contributed by atoms with E-state index in [1.165, 1.54) is 12.1 Å². The third-order valence-electron chi connectivity index (χ3n) is 3.97. The molecule has 2 aliphatic rings. The van der Waals surface area contributed by atoms with Gasteiger partial charge >= 0.3 is 21.6 Å². The van der Waals surface area contributed by atoms with E-state index >= 15 is 0 Å². The molecule has 2 aliphatic heterocycles. The van der Waals surface area contributed by atoms with Gasteiger partial charge in [0, 0.05) is 18.1 Å². The number of halogens is 1. The van der Waals surface area contributed by atoms with E-state index in [0.717, 1.165) is 22.1 Å². The Balaban J connectivity index is 2.00. The smallest absolute Gasteiger partial charge is 0.340 e. The van der Waals surface area contributed by atoms with Gasteiger partial charge in [0.2, 0.25) is 5.96 Å². The fraction of sp³-hybridized carbons (Fsp3) is 0.308. The molecule has 9 nitrogen and oxygen atoms in total. The zero-order valence-corrected chi connectivity index (χ0v) is 13.9. The second-order valence-corrected chi connectivity index (χ2v) is 7.36. The molecule has 0 bridgehead atoms. The van der Waals surface area contributed by atoms with Crippen LogP contribution in [0.15, 0.2) is 38.3 Å². The Morgan fingerprint density at radius 2 is 1.79 bits per heavy atom. The quantitative estimate of drug-likeness (QED) is 0.696. The van der Waals surface area contributed by atoms with E-state index in [4.69, 9.17) is 11.6 Å². The number of fused-ring (bicyclic) bond motifs is 1. The van der Waals surface area contributed by atoms with Gasteiger partial charge < -0.3 is 4.90 Å². The molecule has 0 saturated carbocycles. The Morgan fingerprint density at radius 3 is 2.46 bits per heavy atom. The van der Waals surface area contributed by atoms with Gasteiger partial charge in [0.25, 0.3) is 0 Å². The van der Waals surface area contributed by atoms with Crippen molar-refractivity contribution >= 4 is 27.8 Å². The summed E-state index contributed by atoms with van der Waals surface area (Å²) in [4.78, 5) is 27.0. The summed E-state index contributed by atoms with van der Waals surface area (Å²) in [6.45, 7) is 1.16. The lowest BCUT2D eigenvalue weighted by atomic mass is 10.3. The molecular weight excluding hydrogens is 358 g/mol. The molecule has 1 saturated heterocycles. The number of aromatic nitrogens is 3. The average Bonchev–Trinajstić information content (AvgIpc) is 3.17. The molecule has 0 N–H and O–H groups in total. The van der Waals surface area contributed by atoms with Crippen molar-refractivity contribution in [2.45, 2.75) is 12.8 Å². The van der Waals surface area contributed by atoms with Crippen LogP contribution in [-0.2, 0) is 10.2 Å². The van der Waals surface area contributed by atoms with Crippen LogP contribution in [0, 0.1) is 0 Å². The van der Waals surface area contributed by atoms with Crippen LogP contribution in [0.5, 0.6) is 0 Å². The fourth-order valence-corrected chi connectivity index (χ4v) is 4.21. The number of nitrogens with zero attached hydrogens (tertiary/aromatic N) is 5. The van der Waals surface area contributed by atoms with Gasteiger partial charge in [0.05, 0.1) is 5.69 Å². The van der Waals surface area contributed by atoms with Crippen LogP contribution in [0.1, 0.15) is 12.8 Å². The van der Waals surface area contributed by atoms with E-state index in [2.05, 4.69) is 4.40 Å². The molecule has 0 amide bonds. The predicted molar refractivity (Wildman–Crippen MR) is 87.3 cm³/mol. The lowest BCUT2D eigenvalue weighted by Crippen LogP contribution is -2.40. The van der Waals surface area contributed by atoms with Gasteiger partial charge in [-0.05, 0) is 31.0 Å². The average molecular weight is 370 g/mol. The summed E-state index contributed by atoms with van der Waals surface area (Å²) in [6, 6.07) is 6.08. The van der Waals surface area contributed by atoms with Crippen LogP contribution in [0.4, 0.5) is 0 Å². The Hall–Kier alpha value is -2.33. The number of hydrogen-bond donors (Lipinski definition) is 0. The Labute approximate surface area is 141 Å². The molecule has 1 fully saturated rings. The van der Waals surface area contributed by atoms with Gasteiger partial charge in [0.15, 0.2) is 0 Å². The maximum Gasteiger partial charge on any atom is 0.370 e. The third-order valence-corrected chi connectivity index (χ3v) is 5.36. The molecule has 11 heteroatoms. The Bertz CT molecular complexity index is 1090. The van der Waals surface area contributed by atoms with E-state index in [0.29, 0.717) is 22.2 Å². The third kappa shape index (κ3) is 2.06. The van der Waals surface area contributed by atoms with Crippen molar-refractivity contribution < 1.29 is 8.42 Å². The zero-order chi connectivity index (χ0) is 17.1. The SMILES string of the molecule is O=c1n(-c2cccc(Cl)c2)c(=O)n2n1C(N1CCCC1)=NS2(=O)=O. The first kappa shape index (κ1) is 15.2. The highest BCUT2D eigenvalue weighted by Crippen LogP contribution is 2.16. The summed E-state index contributed by atoms with van der Waals surface area (Å²) < 4.78 is 30.1. The molecule has 0 spiro atoms. The van der Waals surface area contributed by atoms with E-state index < -0.39 is 21.6 Å². The highest BCUT2D eigenvalue weighted by atomic mass is 35.5. The number of benzene rings is 1. The molecular formula is C13H12ClN5O4S. The summed E-state index contributed by atoms with van der Waals surface area (Å²) in [7, 11) is -4.28. The largest absolute Gasteiger partial charge is 0.370 e. The second kappa shape index (κ2) is 5.08. The summed E-state index contributed by atoms with van der Waals surface area (Å²) in [6.07, 6.45) is 1.74. The molecule has 0 aliphatic carbocycles. The van der Waals surface area contributed by atoms with Crippen molar-refractivity contribution in [2.75, 3.05) is 13.1 Å². The van der Waals surface area contributed by atoms with Crippen molar-refractivity contribution in [2.24, 2.45) is 4.40 Å². The minimum Gasteiger partial charge on any atom is -0.340 e. The van der Waals surface area contributed by atoms with Crippen LogP contribution in [0.2, 0.25) is 5.02 Å². The van der Waals surface area contributed by atoms with E-state index in [1.54, 1.807) is 17.0 Å². The van der Waals surface area contributed by atoms with E-state index in [1.807, 2.05) is 0 Å². The maximum atomic E-state index is 12.7. The lowest BCUT2D eigenvalue weighted by Gasteiger charge is -2.15. The van der Waals surface area contributed by atoms with Gasteiger partial charge in [-0.3, -0.25) is 0 Å². The predicted octanol–water partition coefficient (Wildman–Crippen LogP) is -0.139. The minimum absolute atomic E-state index is 0.0321.